The van der Waals surface area contributed by atoms with Crippen molar-refractivity contribution < 1.29 is 14.4 Å². The molecule has 1 aromatic carbocycles. The van der Waals surface area contributed by atoms with Crippen LogP contribution in [0.2, 0.25) is 0 Å². The highest BCUT2D eigenvalue weighted by atomic mass is 16.2. The Morgan fingerprint density at radius 2 is 1.88 bits per heavy atom. The normalized spacial score (nSPS) is 23.8. The molecule has 2 heterocycles. The molecule has 1 fully saturated rings. The predicted molar refractivity (Wildman–Crippen MR) is 98.6 cm³/mol. The molecule has 1 aromatic rings. The Balaban J connectivity index is 1.76. The zero-order chi connectivity index (χ0) is 18.9. The van der Waals surface area contributed by atoms with E-state index in [4.69, 9.17) is 0 Å². The molecule has 0 bridgehead atoms. The van der Waals surface area contributed by atoms with Gasteiger partial charge in [0.2, 0.25) is 11.8 Å². The second-order valence-corrected chi connectivity index (χ2v) is 7.38. The van der Waals surface area contributed by atoms with E-state index in [-0.39, 0.29) is 30.2 Å². The Kier molecular flexibility index (Phi) is 4.89. The molecule has 2 aliphatic heterocycles. The number of hydrogen-bond acceptors (Lipinski definition) is 4. The number of nitrogens with zero attached hydrogens (tertiary/aromatic N) is 1. The summed E-state index contributed by atoms with van der Waals surface area (Å²) in [7, 11) is 0. The van der Waals surface area contributed by atoms with Gasteiger partial charge < -0.3 is 20.9 Å². The maximum absolute atomic E-state index is 12.6. The van der Waals surface area contributed by atoms with E-state index >= 15 is 0 Å². The second kappa shape index (κ2) is 6.97. The number of rotatable bonds is 3. The van der Waals surface area contributed by atoms with Crippen LogP contribution in [-0.2, 0) is 9.59 Å². The van der Waals surface area contributed by atoms with Crippen LogP contribution in [0.4, 0.5) is 5.69 Å². The van der Waals surface area contributed by atoms with Gasteiger partial charge in [-0.15, -0.1) is 0 Å². The van der Waals surface area contributed by atoms with Crippen LogP contribution < -0.4 is 16.0 Å². The van der Waals surface area contributed by atoms with Gasteiger partial charge in [-0.05, 0) is 39.3 Å². The lowest BCUT2D eigenvalue weighted by atomic mass is 9.95. The average molecular weight is 358 g/mol. The lowest BCUT2D eigenvalue weighted by Crippen LogP contribution is -2.58. The standard InChI is InChI=1S/C19H26N4O3/c1-12(2)20-17(25)13(3)23-11-10-19(9-8-16(23)24)21-15-7-5-4-6-14(15)18(26)22-19/h4-7,12-13,21H,8-11H2,1-3H3,(H,20,25)(H,22,26)/t13-,19-/m1/s1. The van der Waals surface area contributed by atoms with E-state index in [9.17, 15) is 14.4 Å². The summed E-state index contributed by atoms with van der Waals surface area (Å²) in [6.45, 7) is 5.93. The van der Waals surface area contributed by atoms with Crippen molar-refractivity contribution in [3.63, 3.8) is 0 Å². The molecule has 2 aliphatic rings. The zero-order valence-electron chi connectivity index (χ0n) is 15.5. The number of hydrogen-bond donors (Lipinski definition) is 3. The van der Waals surface area contributed by atoms with Crippen LogP contribution in [-0.4, -0.2) is 46.9 Å². The van der Waals surface area contributed by atoms with Crippen molar-refractivity contribution in [3.8, 4) is 0 Å². The van der Waals surface area contributed by atoms with Crippen LogP contribution in [0.1, 0.15) is 50.4 Å². The first kappa shape index (κ1) is 18.2. The summed E-state index contributed by atoms with van der Waals surface area (Å²) in [5.41, 5.74) is 0.724. The van der Waals surface area contributed by atoms with Crippen molar-refractivity contribution in [1.82, 2.24) is 15.5 Å². The molecule has 0 unspecified atom stereocenters. The van der Waals surface area contributed by atoms with Gasteiger partial charge in [-0.3, -0.25) is 14.4 Å². The maximum Gasteiger partial charge on any atom is 0.255 e. The Morgan fingerprint density at radius 1 is 1.15 bits per heavy atom. The van der Waals surface area contributed by atoms with Gasteiger partial charge in [-0.1, -0.05) is 12.1 Å². The van der Waals surface area contributed by atoms with Gasteiger partial charge in [0.1, 0.15) is 11.7 Å². The number of likely N-dealkylation sites (tertiary alicyclic amines) is 1. The van der Waals surface area contributed by atoms with Crippen LogP contribution in [0.5, 0.6) is 0 Å². The topological polar surface area (TPSA) is 90.5 Å². The van der Waals surface area contributed by atoms with Crippen molar-refractivity contribution in [2.75, 3.05) is 11.9 Å². The van der Waals surface area contributed by atoms with E-state index in [1.807, 2.05) is 32.0 Å². The highest BCUT2D eigenvalue weighted by Crippen LogP contribution is 2.31. The highest BCUT2D eigenvalue weighted by molar-refractivity contribution is 6.02. The van der Waals surface area contributed by atoms with Crippen molar-refractivity contribution in [2.45, 2.75) is 57.8 Å². The molecular formula is C19H26N4O3. The molecular weight excluding hydrogens is 332 g/mol. The van der Waals surface area contributed by atoms with Gasteiger partial charge >= 0.3 is 0 Å². The number of benzene rings is 1. The SMILES string of the molecule is CC(C)NC(=O)[C@@H](C)N1CC[C@@]2(CCC1=O)NC(=O)c1ccccc1N2. The van der Waals surface area contributed by atoms with E-state index < -0.39 is 11.7 Å². The minimum absolute atomic E-state index is 0.0224. The van der Waals surface area contributed by atoms with Gasteiger partial charge in [0, 0.05) is 31.1 Å². The van der Waals surface area contributed by atoms with E-state index in [1.165, 1.54) is 0 Å². The monoisotopic (exact) mass is 358 g/mol. The summed E-state index contributed by atoms with van der Waals surface area (Å²) in [5.74, 6) is -0.357. The number of carbonyl (C=O) groups is 3. The van der Waals surface area contributed by atoms with Crippen LogP contribution in [0.15, 0.2) is 24.3 Å². The number of nitrogens with one attached hydrogen (secondary N) is 3. The lowest BCUT2D eigenvalue weighted by Gasteiger charge is -2.40. The van der Waals surface area contributed by atoms with Crippen molar-refractivity contribution in [1.29, 1.82) is 0 Å². The van der Waals surface area contributed by atoms with E-state index in [0.717, 1.165) is 5.69 Å². The van der Waals surface area contributed by atoms with Crippen LogP contribution in [0.25, 0.3) is 0 Å². The second-order valence-electron chi connectivity index (χ2n) is 7.38. The molecule has 3 rings (SSSR count). The molecule has 140 valence electrons. The van der Waals surface area contributed by atoms with Crippen LogP contribution in [0.3, 0.4) is 0 Å². The fraction of sp³-hybridized carbons (Fsp3) is 0.526. The minimum atomic E-state index is -0.663. The molecule has 1 saturated heterocycles. The quantitative estimate of drug-likeness (QED) is 0.763. The first-order valence-electron chi connectivity index (χ1n) is 9.11. The Hall–Kier alpha value is -2.57. The molecule has 0 aliphatic carbocycles. The summed E-state index contributed by atoms with van der Waals surface area (Å²) in [4.78, 5) is 39.0. The molecule has 0 aromatic heterocycles. The summed E-state index contributed by atoms with van der Waals surface area (Å²) < 4.78 is 0. The molecule has 7 nitrogen and oxygen atoms in total. The molecule has 3 amide bonds. The van der Waals surface area contributed by atoms with E-state index in [0.29, 0.717) is 24.9 Å². The molecule has 26 heavy (non-hydrogen) atoms. The number of carbonyl (C=O) groups excluding carboxylic acids is 3. The zero-order valence-corrected chi connectivity index (χ0v) is 15.5. The summed E-state index contributed by atoms with van der Waals surface area (Å²) in [6, 6.07) is 6.84. The van der Waals surface area contributed by atoms with Gasteiger partial charge in [-0.2, -0.15) is 0 Å². The summed E-state index contributed by atoms with van der Waals surface area (Å²) >= 11 is 0. The molecule has 7 heteroatoms. The maximum atomic E-state index is 12.6. The van der Waals surface area contributed by atoms with Crippen molar-refractivity contribution in [2.24, 2.45) is 0 Å². The van der Waals surface area contributed by atoms with Crippen LogP contribution in [0, 0.1) is 0 Å². The fourth-order valence-corrected chi connectivity index (χ4v) is 3.60. The fourth-order valence-electron chi connectivity index (χ4n) is 3.60. The molecule has 1 spiro atoms. The minimum Gasteiger partial charge on any atom is -0.362 e. The molecule has 3 N–H and O–H groups in total. The average Bonchev–Trinajstić information content (AvgIpc) is 2.73. The largest absolute Gasteiger partial charge is 0.362 e. The van der Waals surface area contributed by atoms with Gasteiger partial charge in [0.15, 0.2) is 0 Å². The molecule has 0 radical (unpaired) electrons. The number of amides is 3. The third kappa shape index (κ3) is 3.52. The van der Waals surface area contributed by atoms with Crippen molar-refractivity contribution >= 4 is 23.4 Å². The lowest BCUT2D eigenvalue weighted by molar-refractivity contribution is -0.139. The number of fused-ring (bicyclic) bond motifs is 1. The van der Waals surface area contributed by atoms with E-state index in [1.54, 1.807) is 17.9 Å². The number of anilines is 1. The Labute approximate surface area is 153 Å². The first-order valence-corrected chi connectivity index (χ1v) is 9.11. The first-order chi connectivity index (χ1) is 12.3. The smallest absolute Gasteiger partial charge is 0.255 e. The van der Waals surface area contributed by atoms with E-state index in [2.05, 4.69) is 16.0 Å². The number of para-hydroxylation sites is 1. The molecule has 0 saturated carbocycles. The molecule has 2 atom stereocenters. The van der Waals surface area contributed by atoms with Crippen molar-refractivity contribution in [3.05, 3.63) is 29.8 Å². The Bertz CT molecular complexity index is 733. The predicted octanol–water partition coefficient (Wildman–Crippen LogP) is 1.46. The summed E-state index contributed by atoms with van der Waals surface area (Å²) in [6.07, 6.45) is 1.30. The summed E-state index contributed by atoms with van der Waals surface area (Å²) in [5, 5.41) is 9.31. The Morgan fingerprint density at radius 3 is 2.62 bits per heavy atom. The van der Waals surface area contributed by atoms with Gasteiger partial charge in [0.25, 0.3) is 5.91 Å². The van der Waals surface area contributed by atoms with Crippen LogP contribution >= 0.6 is 0 Å². The van der Waals surface area contributed by atoms with Gasteiger partial charge in [-0.25, -0.2) is 0 Å². The van der Waals surface area contributed by atoms with Gasteiger partial charge in [0.05, 0.1) is 5.56 Å². The highest BCUT2D eigenvalue weighted by Gasteiger charge is 2.41. The third-order valence-electron chi connectivity index (χ3n) is 5.04. The third-order valence-corrected chi connectivity index (χ3v) is 5.04.